The van der Waals surface area contributed by atoms with Crippen molar-refractivity contribution in [3.8, 4) is 5.88 Å². The first-order valence-electron chi connectivity index (χ1n) is 6.46. The zero-order valence-electron chi connectivity index (χ0n) is 10.9. The van der Waals surface area contributed by atoms with Crippen LogP contribution in [0.2, 0.25) is 0 Å². The number of aromatic nitrogens is 2. The Bertz CT molecular complexity index is 365. The van der Waals surface area contributed by atoms with E-state index in [1.165, 1.54) is 0 Å². The molecule has 0 amide bonds. The van der Waals surface area contributed by atoms with Gasteiger partial charge in [-0.2, -0.15) is 4.98 Å². The lowest BCUT2D eigenvalue weighted by Gasteiger charge is -2.34. The zero-order chi connectivity index (χ0) is 12.8. The highest BCUT2D eigenvalue weighted by atomic mass is 16.5. The Kier molecular flexibility index (Phi) is 4.72. The monoisotopic (exact) mass is 251 g/mol. The van der Waals surface area contributed by atoms with Gasteiger partial charge in [-0.15, -0.1) is 0 Å². The van der Waals surface area contributed by atoms with Gasteiger partial charge in [0.25, 0.3) is 0 Å². The van der Waals surface area contributed by atoms with Gasteiger partial charge in [-0.3, -0.25) is 4.90 Å². The minimum absolute atomic E-state index is 0.626. The smallest absolute Gasteiger partial charge is 0.228 e. The van der Waals surface area contributed by atoms with E-state index in [0.717, 1.165) is 45.2 Å². The number of piperazine rings is 1. The summed E-state index contributed by atoms with van der Waals surface area (Å²) in [5.41, 5.74) is 5.56. The van der Waals surface area contributed by atoms with E-state index < -0.39 is 0 Å². The van der Waals surface area contributed by atoms with Crippen molar-refractivity contribution in [2.45, 2.75) is 6.92 Å². The molecule has 1 aliphatic heterocycles. The van der Waals surface area contributed by atoms with Crippen LogP contribution in [-0.2, 0) is 0 Å². The average Bonchev–Trinajstić information content (AvgIpc) is 2.41. The predicted molar refractivity (Wildman–Crippen MR) is 70.9 cm³/mol. The quantitative estimate of drug-likeness (QED) is 0.792. The molecule has 0 aromatic carbocycles. The predicted octanol–water partition coefficient (Wildman–Crippen LogP) is -0.0440. The summed E-state index contributed by atoms with van der Waals surface area (Å²) >= 11 is 0. The van der Waals surface area contributed by atoms with Crippen molar-refractivity contribution in [1.29, 1.82) is 0 Å². The Morgan fingerprint density at radius 3 is 2.78 bits per heavy atom. The number of anilines is 1. The van der Waals surface area contributed by atoms with Crippen molar-refractivity contribution in [3.63, 3.8) is 0 Å². The van der Waals surface area contributed by atoms with Crippen LogP contribution in [0.15, 0.2) is 12.3 Å². The normalized spacial score (nSPS) is 16.9. The molecule has 100 valence electrons. The minimum atomic E-state index is 0.626. The maximum Gasteiger partial charge on any atom is 0.228 e. The SMILES string of the molecule is CCOc1ccnc(N2CCN(CCN)CC2)n1. The van der Waals surface area contributed by atoms with Crippen LogP contribution in [0.3, 0.4) is 0 Å². The molecule has 6 heteroatoms. The molecule has 6 nitrogen and oxygen atoms in total. The van der Waals surface area contributed by atoms with Crippen molar-refractivity contribution >= 4 is 5.95 Å². The highest BCUT2D eigenvalue weighted by Gasteiger charge is 2.18. The van der Waals surface area contributed by atoms with E-state index in [1.54, 1.807) is 12.3 Å². The second-order valence-corrected chi connectivity index (χ2v) is 4.25. The van der Waals surface area contributed by atoms with Gasteiger partial charge in [0, 0.05) is 51.5 Å². The van der Waals surface area contributed by atoms with E-state index >= 15 is 0 Å². The summed E-state index contributed by atoms with van der Waals surface area (Å²) in [6.45, 7) is 8.17. The van der Waals surface area contributed by atoms with Gasteiger partial charge in [-0.1, -0.05) is 0 Å². The average molecular weight is 251 g/mol. The lowest BCUT2D eigenvalue weighted by atomic mass is 10.3. The first-order chi connectivity index (χ1) is 8.83. The van der Waals surface area contributed by atoms with E-state index in [0.29, 0.717) is 12.5 Å². The molecular weight excluding hydrogens is 230 g/mol. The largest absolute Gasteiger partial charge is 0.478 e. The lowest BCUT2D eigenvalue weighted by Crippen LogP contribution is -2.48. The first-order valence-corrected chi connectivity index (χ1v) is 6.46. The van der Waals surface area contributed by atoms with Gasteiger partial charge >= 0.3 is 0 Å². The highest BCUT2D eigenvalue weighted by molar-refractivity contribution is 5.32. The lowest BCUT2D eigenvalue weighted by molar-refractivity contribution is 0.263. The number of ether oxygens (including phenoxy) is 1. The molecule has 1 fully saturated rings. The fourth-order valence-corrected chi connectivity index (χ4v) is 2.07. The summed E-state index contributed by atoms with van der Waals surface area (Å²) in [4.78, 5) is 13.3. The minimum Gasteiger partial charge on any atom is -0.478 e. The number of nitrogens with zero attached hydrogens (tertiary/aromatic N) is 4. The molecule has 18 heavy (non-hydrogen) atoms. The van der Waals surface area contributed by atoms with Crippen LogP contribution in [0.5, 0.6) is 5.88 Å². The molecule has 0 atom stereocenters. The van der Waals surface area contributed by atoms with Crippen molar-refractivity contribution in [3.05, 3.63) is 12.3 Å². The maximum atomic E-state index is 5.56. The van der Waals surface area contributed by atoms with Gasteiger partial charge in [0.15, 0.2) is 0 Å². The topological polar surface area (TPSA) is 67.5 Å². The van der Waals surface area contributed by atoms with Crippen molar-refractivity contribution in [1.82, 2.24) is 14.9 Å². The van der Waals surface area contributed by atoms with E-state index in [1.807, 2.05) is 6.92 Å². The van der Waals surface area contributed by atoms with Gasteiger partial charge in [0.1, 0.15) is 0 Å². The summed E-state index contributed by atoms with van der Waals surface area (Å²) in [6, 6.07) is 1.79. The van der Waals surface area contributed by atoms with E-state index in [4.69, 9.17) is 10.5 Å². The third-order valence-corrected chi connectivity index (χ3v) is 3.01. The Morgan fingerprint density at radius 2 is 2.11 bits per heavy atom. The molecule has 1 aliphatic rings. The van der Waals surface area contributed by atoms with E-state index in [-0.39, 0.29) is 0 Å². The van der Waals surface area contributed by atoms with Crippen LogP contribution >= 0.6 is 0 Å². The second-order valence-electron chi connectivity index (χ2n) is 4.25. The fraction of sp³-hybridized carbons (Fsp3) is 0.667. The number of hydrogen-bond donors (Lipinski definition) is 1. The van der Waals surface area contributed by atoms with Crippen molar-refractivity contribution in [2.75, 3.05) is 50.8 Å². The van der Waals surface area contributed by atoms with Gasteiger partial charge in [-0.05, 0) is 6.92 Å². The summed E-state index contributed by atoms with van der Waals surface area (Å²) in [7, 11) is 0. The number of hydrogen-bond acceptors (Lipinski definition) is 6. The van der Waals surface area contributed by atoms with Crippen LogP contribution in [0, 0.1) is 0 Å². The van der Waals surface area contributed by atoms with Crippen LogP contribution in [0.4, 0.5) is 5.95 Å². The van der Waals surface area contributed by atoms with Crippen molar-refractivity contribution < 1.29 is 4.74 Å². The Morgan fingerprint density at radius 1 is 1.33 bits per heavy atom. The molecule has 0 aliphatic carbocycles. The molecule has 0 saturated carbocycles. The van der Waals surface area contributed by atoms with Crippen LogP contribution in [0.1, 0.15) is 6.92 Å². The van der Waals surface area contributed by atoms with Crippen LogP contribution < -0.4 is 15.4 Å². The molecule has 1 aromatic heterocycles. The van der Waals surface area contributed by atoms with Gasteiger partial charge < -0.3 is 15.4 Å². The summed E-state index contributed by atoms with van der Waals surface area (Å²) in [5.74, 6) is 1.40. The summed E-state index contributed by atoms with van der Waals surface area (Å²) in [6.07, 6.45) is 1.75. The Hall–Kier alpha value is -1.40. The maximum absolute atomic E-state index is 5.56. The van der Waals surface area contributed by atoms with Crippen LogP contribution in [0.25, 0.3) is 0 Å². The molecule has 2 heterocycles. The molecule has 0 radical (unpaired) electrons. The highest BCUT2D eigenvalue weighted by Crippen LogP contribution is 2.14. The van der Waals surface area contributed by atoms with Gasteiger partial charge in [0.2, 0.25) is 11.8 Å². The van der Waals surface area contributed by atoms with Crippen LogP contribution in [-0.4, -0.2) is 60.7 Å². The molecule has 2 N–H and O–H groups in total. The first kappa shape index (κ1) is 13.0. The summed E-state index contributed by atoms with van der Waals surface area (Å²) in [5, 5.41) is 0. The third-order valence-electron chi connectivity index (χ3n) is 3.01. The third kappa shape index (κ3) is 3.30. The second kappa shape index (κ2) is 6.51. The standard InChI is InChI=1S/C12H21N5O/c1-2-18-11-3-5-14-12(15-11)17-9-7-16(6-4-13)8-10-17/h3,5H,2,4,6-10,13H2,1H3. The number of nitrogens with two attached hydrogens (primary N) is 1. The summed E-state index contributed by atoms with van der Waals surface area (Å²) < 4.78 is 5.39. The Balaban J connectivity index is 1.94. The Labute approximate surface area is 108 Å². The molecule has 0 bridgehead atoms. The molecular formula is C12H21N5O. The molecule has 0 spiro atoms. The number of rotatable bonds is 5. The molecule has 0 unspecified atom stereocenters. The zero-order valence-corrected chi connectivity index (χ0v) is 10.9. The van der Waals surface area contributed by atoms with E-state index in [9.17, 15) is 0 Å². The molecule has 1 aromatic rings. The molecule has 2 rings (SSSR count). The fourth-order valence-electron chi connectivity index (χ4n) is 2.07. The molecule has 1 saturated heterocycles. The van der Waals surface area contributed by atoms with E-state index in [2.05, 4.69) is 19.8 Å². The van der Waals surface area contributed by atoms with Crippen molar-refractivity contribution in [2.24, 2.45) is 5.73 Å². The van der Waals surface area contributed by atoms with Gasteiger partial charge in [-0.25, -0.2) is 4.98 Å². The van der Waals surface area contributed by atoms with Gasteiger partial charge in [0.05, 0.1) is 6.61 Å².